The third-order valence-corrected chi connectivity index (χ3v) is 3.58. The highest BCUT2D eigenvalue weighted by Crippen LogP contribution is 2.30. The molecule has 2 aromatic carbocycles. The Morgan fingerprint density at radius 2 is 1.55 bits per heavy atom. The van der Waals surface area contributed by atoms with E-state index in [-0.39, 0.29) is 0 Å². The fourth-order valence-electron chi connectivity index (χ4n) is 2.17. The average molecular weight is 269 g/mol. The van der Waals surface area contributed by atoms with Crippen LogP contribution in [-0.2, 0) is 0 Å². The lowest BCUT2D eigenvalue weighted by molar-refractivity contribution is 0.472. The van der Waals surface area contributed by atoms with Crippen LogP contribution in [-0.4, -0.2) is 7.05 Å². The lowest BCUT2D eigenvalue weighted by Crippen LogP contribution is -2.11. The van der Waals surface area contributed by atoms with Crippen LogP contribution in [0.1, 0.15) is 43.9 Å². The molecule has 0 spiro atoms. The number of ether oxygens (including phenoxy) is 1. The lowest BCUT2D eigenvalue weighted by atomic mass is 10.0. The van der Waals surface area contributed by atoms with E-state index in [1.807, 2.05) is 31.3 Å². The van der Waals surface area contributed by atoms with E-state index in [0.29, 0.717) is 12.0 Å². The van der Waals surface area contributed by atoms with Gasteiger partial charge in [-0.1, -0.05) is 44.2 Å². The van der Waals surface area contributed by atoms with Crippen LogP contribution in [0.2, 0.25) is 0 Å². The quantitative estimate of drug-likeness (QED) is 0.835. The molecular weight excluding hydrogens is 246 g/mol. The number of nitrogens with one attached hydrogen (secondary N) is 1. The molecule has 0 aliphatic carbocycles. The molecule has 0 amide bonds. The van der Waals surface area contributed by atoms with Crippen molar-refractivity contribution in [2.75, 3.05) is 7.05 Å². The van der Waals surface area contributed by atoms with Gasteiger partial charge >= 0.3 is 0 Å². The molecule has 0 aliphatic rings. The summed E-state index contributed by atoms with van der Waals surface area (Å²) >= 11 is 0. The van der Waals surface area contributed by atoms with Crippen LogP contribution < -0.4 is 10.1 Å². The number of hydrogen-bond acceptors (Lipinski definition) is 2. The topological polar surface area (TPSA) is 21.3 Å². The van der Waals surface area contributed by atoms with E-state index in [1.165, 1.54) is 11.1 Å². The summed E-state index contributed by atoms with van der Waals surface area (Å²) in [6.07, 6.45) is 0. The van der Waals surface area contributed by atoms with Gasteiger partial charge in [-0.2, -0.15) is 0 Å². The van der Waals surface area contributed by atoms with E-state index in [9.17, 15) is 0 Å². The van der Waals surface area contributed by atoms with Crippen molar-refractivity contribution in [3.05, 3.63) is 59.7 Å². The Kier molecular flexibility index (Phi) is 4.80. The molecule has 0 saturated carbocycles. The summed E-state index contributed by atoms with van der Waals surface area (Å²) < 4.78 is 6.02. The smallest absolute Gasteiger partial charge is 0.130 e. The Labute approximate surface area is 121 Å². The maximum absolute atomic E-state index is 6.02. The van der Waals surface area contributed by atoms with E-state index < -0.39 is 0 Å². The van der Waals surface area contributed by atoms with Crippen molar-refractivity contribution < 1.29 is 4.74 Å². The molecule has 0 radical (unpaired) electrons. The Bertz CT molecular complexity index is 546. The van der Waals surface area contributed by atoms with Crippen molar-refractivity contribution >= 4 is 0 Å². The van der Waals surface area contributed by atoms with Gasteiger partial charge in [0.15, 0.2) is 0 Å². The first-order valence-electron chi connectivity index (χ1n) is 7.16. The van der Waals surface area contributed by atoms with Crippen LogP contribution in [0.15, 0.2) is 48.5 Å². The van der Waals surface area contributed by atoms with Gasteiger partial charge < -0.3 is 10.1 Å². The second-order valence-corrected chi connectivity index (χ2v) is 5.37. The zero-order valence-electron chi connectivity index (χ0n) is 12.7. The highest BCUT2D eigenvalue weighted by atomic mass is 16.5. The van der Waals surface area contributed by atoms with Gasteiger partial charge in [0, 0.05) is 6.04 Å². The minimum Gasteiger partial charge on any atom is -0.457 e. The molecule has 0 heterocycles. The van der Waals surface area contributed by atoms with Gasteiger partial charge in [0.1, 0.15) is 11.5 Å². The van der Waals surface area contributed by atoms with Crippen molar-refractivity contribution in [3.8, 4) is 11.5 Å². The van der Waals surface area contributed by atoms with Crippen LogP contribution in [0, 0.1) is 0 Å². The molecule has 0 saturated heterocycles. The van der Waals surface area contributed by atoms with Crippen LogP contribution in [0.5, 0.6) is 11.5 Å². The molecule has 0 aliphatic heterocycles. The summed E-state index contributed by atoms with van der Waals surface area (Å²) in [5.41, 5.74) is 2.50. The Morgan fingerprint density at radius 1 is 0.900 bits per heavy atom. The minimum atomic E-state index is 0.354. The average Bonchev–Trinajstić information content (AvgIpc) is 2.47. The summed E-state index contributed by atoms with van der Waals surface area (Å²) in [7, 11) is 1.97. The van der Waals surface area contributed by atoms with Crippen LogP contribution in [0.4, 0.5) is 0 Å². The van der Waals surface area contributed by atoms with Crippen molar-refractivity contribution in [1.82, 2.24) is 5.32 Å². The Morgan fingerprint density at radius 3 is 2.15 bits per heavy atom. The second-order valence-electron chi connectivity index (χ2n) is 5.37. The Balaban J connectivity index is 2.18. The predicted molar refractivity (Wildman–Crippen MR) is 84.5 cm³/mol. The van der Waals surface area contributed by atoms with Crippen LogP contribution in [0.25, 0.3) is 0 Å². The summed E-state index contributed by atoms with van der Waals surface area (Å²) in [6, 6.07) is 16.8. The lowest BCUT2D eigenvalue weighted by Gasteiger charge is -2.15. The zero-order valence-corrected chi connectivity index (χ0v) is 12.7. The molecule has 1 N–H and O–H groups in total. The van der Waals surface area contributed by atoms with Gasteiger partial charge in [0.25, 0.3) is 0 Å². The zero-order chi connectivity index (χ0) is 14.5. The largest absolute Gasteiger partial charge is 0.457 e. The van der Waals surface area contributed by atoms with Gasteiger partial charge in [-0.3, -0.25) is 0 Å². The van der Waals surface area contributed by atoms with Crippen molar-refractivity contribution in [1.29, 1.82) is 0 Å². The second kappa shape index (κ2) is 6.58. The maximum Gasteiger partial charge on any atom is 0.130 e. The fourth-order valence-corrected chi connectivity index (χ4v) is 2.17. The van der Waals surface area contributed by atoms with Gasteiger partial charge in [0.05, 0.1) is 0 Å². The Hall–Kier alpha value is -1.80. The molecule has 0 aromatic heterocycles. The summed E-state index contributed by atoms with van der Waals surface area (Å²) in [5, 5.41) is 3.23. The standard InChI is InChI=1S/C18H23NO/c1-13(2)17-7-5-6-8-18(17)20-16-11-9-15(10-12-16)14(3)19-4/h5-14,19H,1-4H3. The molecule has 1 unspecified atom stereocenters. The first kappa shape index (κ1) is 14.6. The van der Waals surface area contributed by atoms with Crippen molar-refractivity contribution in [2.24, 2.45) is 0 Å². The van der Waals surface area contributed by atoms with E-state index in [4.69, 9.17) is 4.74 Å². The van der Waals surface area contributed by atoms with Gasteiger partial charge in [0.2, 0.25) is 0 Å². The molecule has 20 heavy (non-hydrogen) atoms. The SMILES string of the molecule is CNC(C)c1ccc(Oc2ccccc2C(C)C)cc1. The normalized spacial score (nSPS) is 12.4. The van der Waals surface area contributed by atoms with E-state index in [0.717, 1.165) is 11.5 Å². The third-order valence-electron chi connectivity index (χ3n) is 3.58. The first-order valence-corrected chi connectivity index (χ1v) is 7.16. The van der Waals surface area contributed by atoms with Crippen LogP contribution in [0.3, 0.4) is 0 Å². The van der Waals surface area contributed by atoms with Gasteiger partial charge in [-0.15, -0.1) is 0 Å². The summed E-state index contributed by atoms with van der Waals surface area (Å²) in [6.45, 7) is 6.50. The molecule has 106 valence electrons. The molecule has 0 bridgehead atoms. The molecule has 0 fully saturated rings. The summed E-state index contributed by atoms with van der Waals surface area (Å²) in [4.78, 5) is 0. The van der Waals surface area contributed by atoms with Gasteiger partial charge in [-0.05, 0) is 49.2 Å². The van der Waals surface area contributed by atoms with E-state index >= 15 is 0 Å². The fraction of sp³-hybridized carbons (Fsp3) is 0.333. The maximum atomic E-state index is 6.02. The first-order chi connectivity index (χ1) is 9.61. The monoisotopic (exact) mass is 269 g/mol. The van der Waals surface area contributed by atoms with E-state index in [1.54, 1.807) is 0 Å². The molecule has 1 atom stereocenters. The summed E-state index contributed by atoms with van der Waals surface area (Å²) in [5.74, 6) is 2.27. The predicted octanol–water partition coefficient (Wildman–Crippen LogP) is 4.88. The molecule has 2 rings (SSSR count). The minimum absolute atomic E-state index is 0.354. The van der Waals surface area contributed by atoms with Crippen molar-refractivity contribution in [3.63, 3.8) is 0 Å². The number of benzene rings is 2. The van der Waals surface area contributed by atoms with Crippen LogP contribution >= 0.6 is 0 Å². The van der Waals surface area contributed by atoms with Crippen molar-refractivity contribution in [2.45, 2.75) is 32.7 Å². The molecule has 2 aromatic rings. The van der Waals surface area contributed by atoms with Gasteiger partial charge in [-0.25, -0.2) is 0 Å². The van der Waals surface area contributed by atoms with E-state index in [2.05, 4.69) is 50.4 Å². The molecule has 2 nitrogen and oxygen atoms in total. The highest BCUT2D eigenvalue weighted by Gasteiger charge is 2.08. The third kappa shape index (κ3) is 3.40. The highest BCUT2D eigenvalue weighted by molar-refractivity contribution is 5.40. The molecule has 2 heteroatoms. The number of hydrogen-bond donors (Lipinski definition) is 1. The number of rotatable bonds is 5. The number of para-hydroxylation sites is 1. The molecular formula is C18H23NO.